The lowest BCUT2D eigenvalue weighted by molar-refractivity contribution is 0.553. The van der Waals surface area contributed by atoms with E-state index in [0.29, 0.717) is 23.1 Å². The van der Waals surface area contributed by atoms with Gasteiger partial charge in [0.1, 0.15) is 5.15 Å². The van der Waals surface area contributed by atoms with Crippen molar-refractivity contribution in [2.24, 2.45) is 0 Å². The second kappa shape index (κ2) is 6.43. The van der Waals surface area contributed by atoms with Crippen LogP contribution in [0, 0.1) is 6.92 Å². The molecule has 2 heterocycles. The molecule has 0 spiro atoms. The van der Waals surface area contributed by atoms with E-state index in [1.54, 1.807) is 10.7 Å². The van der Waals surface area contributed by atoms with Gasteiger partial charge in [0, 0.05) is 18.2 Å². The third-order valence-electron chi connectivity index (χ3n) is 4.00. The van der Waals surface area contributed by atoms with Crippen molar-refractivity contribution in [3.8, 4) is 5.69 Å². The Kier molecular flexibility index (Phi) is 4.69. The van der Waals surface area contributed by atoms with Gasteiger partial charge in [-0.1, -0.05) is 35.3 Å². The number of hydrogen-bond acceptors (Lipinski definition) is 4. The van der Waals surface area contributed by atoms with Gasteiger partial charge < -0.3 is 5.32 Å². The Labute approximate surface area is 145 Å². The highest BCUT2D eigenvalue weighted by atomic mass is 35.5. The molecule has 1 saturated heterocycles. The summed E-state index contributed by atoms with van der Waals surface area (Å²) in [6, 6.07) is 7.32. The summed E-state index contributed by atoms with van der Waals surface area (Å²) in [6.45, 7) is 2.36. The van der Waals surface area contributed by atoms with Gasteiger partial charge >= 0.3 is 0 Å². The Morgan fingerprint density at radius 2 is 2.09 bits per heavy atom. The molecule has 23 heavy (non-hydrogen) atoms. The third kappa shape index (κ3) is 3.55. The molecular formula is C15H17Cl2N3O2S. The van der Waals surface area contributed by atoms with Crippen LogP contribution in [0.1, 0.15) is 17.7 Å². The summed E-state index contributed by atoms with van der Waals surface area (Å²) in [7, 11) is -2.90. The SMILES string of the molecule is Cc1nn(-c2ccccc2Cl)c(Cl)c1CN[C@H]1CCS(=O)(=O)C1. The maximum atomic E-state index is 11.5. The van der Waals surface area contributed by atoms with Gasteiger partial charge in [-0.25, -0.2) is 13.1 Å². The zero-order valence-corrected chi connectivity index (χ0v) is 14.9. The predicted molar refractivity (Wildman–Crippen MR) is 92.2 cm³/mol. The largest absolute Gasteiger partial charge is 0.309 e. The normalized spacial score (nSPS) is 20.0. The lowest BCUT2D eigenvalue weighted by Crippen LogP contribution is -2.29. The number of rotatable bonds is 4. The molecule has 1 N–H and O–H groups in total. The van der Waals surface area contributed by atoms with Crippen LogP contribution in [0.2, 0.25) is 10.2 Å². The highest BCUT2D eigenvalue weighted by Gasteiger charge is 2.28. The molecule has 0 saturated carbocycles. The van der Waals surface area contributed by atoms with Crippen molar-refractivity contribution < 1.29 is 8.42 Å². The van der Waals surface area contributed by atoms with Gasteiger partial charge in [-0.05, 0) is 25.5 Å². The van der Waals surface area contributed by atoms with Gasteiger partial charge in [-0.2, -0.15) is 5.10 Å². The van der Waals surface area contributed by atoms with E-state index in [2.05, 4.69) is 10.4 Å². The van der Waals surface area contributed by atoms with Gasteiger partial charge in [-0.15, -0.1) is 0 Å². The molecule has 1 aliphatic heterocycles. The molecule has 0 bridgehead atoms. The lowest BCUT2D eigenvalue weighted by atomic mass is 10.2. The predicted octanol–water partition coefficient (Wildman–Crippen LogP) is 2.76. The summed E-state index contributed by atoms with van der Waals surface area (Å²) in [4.78, 5) is 0. The molecule has 1 atom stereocenters. The summed E-state index contributed by atoms with van der Waals surface area (Å²) < 4.78 is 24.6. The van der Waals surface area contributed by atoms with E-state index < -0.39 is 9.84 Å². The number of nitrogens with zero attached hydrogens (tertiary/aromatic N) is 2. The number of aryl methyl sites for hydroxylation is 1. The summed E-state index contributed by atoms with van der Waals surface area (Å²) in [5, 5.41) is 8.78. The Balaban J connectivity index is 1.80. The standard InChI is InChI=1S/C15H17Cl2N3O2S/c1-10-12(8-18-11-6-7-23(21,22)9-11)15(17)20(19-10)14-5-3-2-4-13(14)16/h2-5,11,18H,6-9H2,1H3/t11-/m0/s1. The molecule has 0 unspecified atom stereocenters. The van der Waals surface area contributed by atoms with Crippen LogP contribution >= 0.6 is 23.2 Å². The Morgan fingerprint density at radius 1 is 1.35 bits per heavy atom. The van der Waals surface area contributed by atoms with E-state index in [1.807, 2.05) is 25.1 Å². The lowest BCUT2D eigenvalue weighted by Gasteiger charge is -2.10. The molecule has 1 aromatic carbocycles. The zero-order valence-electron chi connectivity index (χ0n) is 12.6. The molecule has 5 nitrogen and oxygen atoms in total. The van der Waals surface area contributed by atoms with Crippen molar-refractivity contribution in [1.29, 1.82) is 0 Å². The number of hydrogen-bond donors (Lipinski definition) is 1. The second-order valence-corrected chi connectivity index (χ2v) is 8.69. The van der Waals surface area contributed by atoms with E-state index in [-0.39, 0.29) is 17.5 Å². The van der Waals surface area contributed by atoms with Crippen LogP contribution in [0.3, 0.4) is 0 Å². The Morgan fingerprint density at radius 3 is 2.74 bits per heavy atom. The first kappa shape index (κ1) is 16.8. The van der Waals surface area contributed by atoms with E-state index >= 15 is 0 Å². The first-order valence-electron chi connectivity index (χ1n) is 7.30. The molecule has 0 amide bonds. The fourth-order valence-electron chi connectivity index (χ4n) is 2.72. The van der Waals surface area contributed by atoms with Gasteiger partial charge in [0.25, 0.3) is 0 Å². The number of nitrogens with one attached hydrogen (secondary N) is 1. The molecule has 1 aliphatic rings. The van der Waals surface area contributed by atoms with Crippen LogP contribution in [-0.2, 0) is 16.4 Å². The number of sulfone groups is 1. The molecule has 8 heteroatoms. The van der Waals surface area contributed by atoms with Gasteiger partial charge in [0.15, 0.2) is 9.84 Å². The molecule has 1 aromatic heterocycles. The van der Waals surface area contributed by atoms with Crippen molar-refractivity contribution in [2.45, 2.75) is 25.9 Å². The third-order valence-corrected chi connectivity index (χ3v) is 6.48. The van der Waals surface area contributed by atoms with E-state index in [4.69, 9.17) is 23.2 Å². The molecule has 3 rings (SSSR count). The number of aromatic nitrogens is 2. The zero-order chi connectivity index (χ0) is 16.6. The molecule has 0 radical (unpaired) electrons. The summed E-state index contributed by atoms with van der Waals surface area (Å²) in [5.41, 5.74) is 2.37. The second-order valence-electron chi connectivity index (χ2n) is 5.70. The topological polar surface area (TPSA) is 64.0 Å². The van der Waals surface area contributed by atoms with Gasteiger partial charge in [-0.3, -0.25) is 0 Å². The molecule has 0 aliphatic carbocycles. The Bertz CT molecular complexity index is 833. The fourth-order valence-corrected chi connectivity index (χ4v) is 4.97. The van der Waals surface area contributed by atoms with E-state index in [1.165, 1.54) is 0 Å². The summed E-state index contributed by atoms with van der Waals surface area (Å²) in [6.07, 6.45) is 0.637. The minimum Gasteiger partial charge on any atom is -0.309 e. The monoisotopic (exact) mass is 373 g/mol. The van der Waals surface area contributed by atoms with Crippen LogP contribution in [0.15, 0.2) is 24.3 Å². The van der Waals surface area contributed by atoms with Crippen molar-refractivity contribution in [1.82, 2.24) is 15.1 Å². The number of benzene rings is 1. The number of halogens is 2. The maximum Gasteiger partial charge on any atom is 0.151 e. The van der Waals surface area contributed by atoms with Gasteiger partial charge in [0.05, 0.1) is 27.9 Å². The Hall–Kier alpha value is -1.08. The van der Waals surface area contributed by atoms with Crippen molar-refractivity contribution in [3.63, 3.8) is 0 Å². The average Bonchev–Trinajstić information content (AvgIpc) is 2.97. The van der Waals surface area contributed by atoms with Gasteiger partial charge in [0.2, 0.25) is 0 Å². The van der Waals surface area contributed by atoms with Crippen molar-refractivity contribution >= 4 is 33.0 Å². The van der Waals surface area contributed by atoms with E-state index in [9.17, 15) is 8.42 Å². The van der Waals surface area contributed by atoms with Crippen LogP contribution in [-0.4, -0.2) is 35.7 Å². The first-order valence-corrected chi connectivity index (χ1v) is 9.88. The van der Waals surface area contributed by atoms with Crippen molar-refractivity contribution in [2.75, 3.05) is 11.5 Å². The highest BCUT2D eigenvalue weighted by Crippen LogP contribution is 2.27. The average molecular weight is 374 g/mol. The van der Waals surface area contributed by atoms with Crippen LogP contribution in [0.5, 0.6) is 0 Å². The minimum atomic E-state index is -2.90. The van der Waals surface area contributed by atoms with Crippen molar-refractivity contribution in [3.05, 3.63) is 45.7 Å². The molecule has 1 fully saturated rings. The molecule has 2 aromatic rings. The van der Waals surface area contributed by atoms with Crippen LogP contribution in [0.25, 0.3) is 5.69 Å². The minimum absolute atomic E-state index is 0.0286. The maximum absolute atomic E-state index is 11.5. The first-order chi connectivity index (χ1) is 10.9. The van der Waals surface area contributed by atoms with E-state index in [0.717, 1.165) is 16.9 Å². The van der Waals surface area contributed by atoms with Crippen LogP contribution in [0.4, 0.5) is 0 Å². The smallest absolute Gasteiger partial charge is 0.151 e. The highest BCUT2D eigenvalue weighted by molar-refractivity contribution is 7.91. The molecular weight excluding hydrogens is 357 g/mol. The van der Waals surface area contributed by atoms with Crippen LogP contribution < -0.4 is 5.32 Å². The summed E-state index contributed by atoms with van der Waals surface area (Å²) >= 11 is 12.7. The number of para-hydroxylation sites is 1. The molecule has 124 valence electrons. The fraction of sp³-hybridized carbons (Fsp3) is 0.400. The quantitative estimate of drug-likeness (QED) is 0.894. The summed E-state index contributed by atoms with van der Waals surface area (Å²) in [5.74, 6) is 0.429.